The third-order valence-electron chi connectivity index (χ3n) is 0.804. The van der Waals surface area contributed by atoms with Crippen molar-refractivity contribution in [1.29, 1.82) is 0 Å². The van der Waals surface area contributed by atoms with Crippen molar-refractivity contribution in [3.63, 3.8) is 0 Å². The highest BCUT2D eigenvalue weighted by Gasteiger charge is 1.79. The molecular formula is C6H4Br2N2S2. The van der Waals surface area contributed by atoms with Gasteiger partial charge in [-0.05, 0) is 31.9 Å². The monoisotopic (exact) mass is 326 g/mol. The number of halogens is 2. The fourth-order valence-electron chi connectivity index (χ4n) is 0.412. The Hall–Kier alpha value is 0.220. The Morgan fingerprint density at radius 3 is 1.42 bits per heavy atom. The molecule has 0 spiro atoms. The van der Waals surface area contributed by atoms with Crippen LogP contribution in [0, 0.1) is 0 Å². The van der Waals surface area contributed by atoms with E-state index in [-0.39, 0.29) is 0 Å². The van der Waals surface area contributed by atoms with Crippen LogP contribution < -0.4 is 0 Å². The minimum Gasteiger partial charge on any atom is -0.238 e. The van der Waals surface area contributed by atoms with Crippen molar-refractivity contribution in [1.82, 2.24) is 9.97 Å². The molecule has 0 bridgehead atoms. The summed E-state index contributed by atoms with van der Waals surface area (Å²) in [6.45, 7) is 0. The van der Waals surface area contributed by atoms with E-state index in [1.165, 1.54) is 0 Å². The molecular weight excluding hydrogens is 324 g/mol. The second-order valence-corrected chi connectivity index (χ2v) is 5.91. The van der Waals surface area contributed by atoms with Crippen molar-refractivity contribution in [2.45, 2.75) is 0 Å². The molecule has 0 aliphatic rings. The first-order valence-corrected chi connectivity index (χ1v) is 6.23. The largest absolute Gasteiger partial charge is 0.238 e. The molecule has 6 heteroatoms. The van der Waals surface area contributed by atoms with Crippen LogP contribution in [0.5, 0.6) is 0 Å². The lowest BCUT2D eigenvalue weighted by atomic mass is 11.0. The Bertz CT molecular complexity index is 261. The summed E-state index contributed by atoms with van der Waals surface area (Å²) in [5.41, 5.74) is 0. The molecule has 0 aromatic carbocycles. The first-order valence-electron chi connectivity index (χ1n) is 2.89. The molecule has 0 amide bonds. The van der Waals surface area contributed by atoms with Crippen LogP contribution in [0.3, 0.4) is 0 Å². The molecule has 0 N–H and O–H groups in total. The lowest BCUT2D eigenvalue weighted by molar-refractivity contribution is 1.38. The highest BCUT2D eigenvalue weighted by molar-refractivity contribution is 9.11. The Labute approximate surface area is 94.9 Å². The van der Waals surface area contributed by atoms with Crippen molar-refractivity contribution < 1.29 is 0 Å². The van der Waals surface area contributed by atoms with E-state index < -0.39 is 0 Å². The van der Waals surface area contributed by atoms with Gasteiger partial charge in [-0.25, -0.2) is 9.97 Å². The molecule has 2 heterocycles. The maximum atomic E-state index is 3.85. The first-order chi connectivity index (χ1) is 5.79. The van der Waals surface area contributed by atoms with Crippen LogP contribution in [0.1, 0.15) is 0 Å². The highest BCUT2D eigenvalue weighted by atomic mass is 79.9. The predicted octanol–water partition coefficient (Wildman–Crippen LogP) is 3.81. The molecule has 2 nitrogen and oxygen atoms in total. The normalized spacial score (nSPS) is 8.83. The zero-order chi connectivity index (χ0) is 8.81. The van der Waals surface area contributed by atoms with E-state index in [9.17, 15) is 0 Å². The van der Waals surface area contributed by atoms with Crippen LogP contribution in [0.4, 0.5) is 0 Å². The summed E-state index contributed by atoms with van der Waals surface area (Å²) in [6.07, 6.45) is 3.52. The zero-order valence-corrected chi connectivity index (χ0v) is 10.6. The van der Waals surface area contributed by atoms with Gasteiger partial charge in [-0.1, -0.05) is 0 Å². The van der Waals surface area contributed by atoms with E-state index in [1.807, 2.05) is 10.8 Å². The number of aromatic nitrogens is 2. The van der Waals surface area contributed by atoms with Crippen molar-refractivity contribution in [2.24, 2.45) is 0 Å². The van der Waals surface area contributed by atoms with Gasteiger partial charge in [0, 0.05) is 23.2 Å². The maximum Gasteiger partial charge on any atom is 0.159 e. The van der Waals surface area contributed by atoms with Crippen LogP contribution >= 0.6 is 54.5 Å². The SMILES string of the molecule is Brc1nccs1.Brc1nccs1. The van der Waals surface area contributed by atoms with Gasteiger partial charge in [-0.2, -0.15) is 0 Å². The highest BCUT2D eigenvalue weighted by Crippen LogP contribution is 2.10. The summed E-state index contributed by atoms with van der Waals surface area (Å²) in [5, 5.41) is 3.84. The molecule has 64 valence electrons. The fourth-order valence-corrected chi connectivity index (χ4v) is 2.01. The predicted molar refractivity (Wildman–Crippen MR) is 59.6 cm³/mol. The van der Waals surface area contributed by atoms with Crippen molar-refractivity contribution in [3.8, 4) is 0 Å². The number of nitrogens with zero attached hydrogens (tertiary/aromatic N) is 2. The molecule has 2 rings (SSSR count). The Balaban J connectivity index is 0.000000120. The summed E-state index contributed by atoms with van der Waals surface area (Å²) >= 11 is 9.54. The topological polar surface area (TPSA) is 25.8 Å². The molecule has 0 saturated heterocycles. The van der Waals surface area contributed by atoms with E-state index >= 15 is 0 Å². The van der Waals surface area contributed by atoms with E-state index in [4.69, 9.17) is 0 Å². The molecule has 2 aromatic heterocycles. The summed E-state index contributed by atoms with van der Waals surface area (Å²) in [7, 11) is 0. The Kier molecular flexibility index (Phi) is 4.98. The van der Waals surface area contributed by atoms with Gasteiger partial charge in [-0.3, -0.25) is 0 Å². The first kappa shape index (κ1) is 10.3. The molecule has 0 fully saturated rings. The van der Waals surface area contributed by atoms with Crippen LogP contribution in [0.25, 0.3) is 0 Å². The smallest absolute Gasteiger partial charge is 0.159 e. The van der Waals surface area contributed by atoms with Crippen molar-refractivity contribution in [2.75, 3.05) is 0 Å². The molecule has 12 heavy (non-hydrogen) atoms. The van der Waals surface area contributed by atoms with Gasteiger partial charge in [0.25, 0.3) is 0 Å². The van der Waals surface area contributed by atoms with Crippen molar-refractivity contribution in [3.05, 3.63) is 31.0 Å². The number of thiazole rings is 2. The summed E-state index contributed by atoms with van der Waals surface area (Å²) in [5.74, 6) is 0. The van der Waals surface area contributed by atoms with E-state index in [2.05, 4.69) is 41.8 Å². The number of hydrogen-bond acceptors (Lipinski definition) is 4. The van der Waals surface area contributed by atoms with Gasteiger partial charge in [0.1, 0.15) is 0 Å². The average Bonchev–Trinajstić information content (AvgIpc) is 2.63. The minimum absolute atomic E-state index is 0.947. The number of rotatable bonds is 0. The average molecular weight is 328 g/mol. The lowest BCUT2D eigenvalue weighted by Gasteiger charge is -1.61. The van der Waals surface area contributed by atoms with Gasteiger partial charge in [0.15, 0.2) is 7.83 Å². The van der Waals surface area contributed by atoms with E-state index in [0.717, 1.165) is 7.83 Å². The van der Waals surface area contributed by atoms with E-state index in [1.54, 1.807) is 35.1 Å². The van der Waals surface area contributed by atoms with Gasteiger partial charge in [0.05, 0.1) is 0 Å². The second-order valence-electron chi connectivity index (χ2n) is 1.57. The Morgan fingerprint density at radius 1 is 0.917 bits per heavy atom. The van der Waals surface area contributed by atoms with Crippen LogP contribution in [0.15, 0.2) is 31.0 Å². The molecule has 0 aliphatic carbocycles. The van der Waals surface area contributed by atoms with Crippen LogP contribution in [-0.2, 0) is 0 Å². The summed E-state index contributed by atoms with van der Waals surface area (Å²) < 4.78 is 1.89. The second kappa shape index (κ2) is 5.80. The van der Waals surface area contributed by atoms with Gasteiger partial charge in [-0.15, -0.1) is 22.7 Å². The maximum absolute atomic E-state index is 3.85. The third kappa shape index (κ3) is 4.30. The molecule has 0 unspecified atom stereocenters. The van der Waals surface area contributed by atoms with Gasteiger partial charge < -0.3 is 0 Å². The molecule has 0 saturated carbocycles. The fraction of sp³-hybridized carbons (Fsp3) is 0. The third-order valence-corrected chi connectivity index (χ3v) is 3.45. The van der Waals surface area contributed by atoms with Gasteiger partial charge in [0.2, 0.25) is 0 Å². The Morgan fingerprint density at radius 2 is 1.33 bits per heavy atom. The molecule has 0 aliphatic heterocycles. The van der Waals surface area contributed by atoms with Crippen molar-refractivity contribution >= 4 is 54.5 Å². The number of hydrogen-bond donors (Lipinski definition) is 0. The standard InChI is InChI=1S/2C3H2BrNS/c2*4-3-5-1-2-6-3/h2*1-2H. The van der Waals surface area contributed by atoms with Gasteiger partial charge >= 0.3 is 0 Å². The van der Waals surface area contributed by atoms with Crippen LogP contribution in [-0.4, -0.2) is 9.97 Å². The zero-order valence-electron chi connectivity index (χ0n) is 5.78. The molecule has 0 radical (unpaired) electrons. The van der Waals surface area contributed by atoms with E-state index in [0.29, 0.717) is 0 Å². The summed E-state index contributed by atoms with van der Waals surface area (Å²) in [6, 6.07) is 0. The van der Waals surface area contributed by atoms with Crippen LogP contribution in [0.2, 0.25) is 0 Å². The quantitative estimate of drug-likeness (QED) is 0.735. The lowest BCUT2D eigenvalue weighted by Crippen LogP contribution is -1.47. The minimum atomic E-state index is 0.947. The molecule has 2 aromatic rings. The summed E-state index contributed by atoms with van der Waals surface area (Å²) in [4.78, 5) is 7.70. The molecule has 0 atom stereocenters.